The van der Waals surface area contributed by atoms with Gasteiger partial charge in [0.2, 0.25) is 0 Å². The molecule has 1 atom stereocenters. The normalized spacial score (nSPS) is 16.8. The molecule has 4 rings (SSSR count). The monoisotopic (exact) mass is 516 g/mol. The molecular weight excluding hydrogens is 485 g/mol. The number of ether oxygens (including phenoxy) is 2. The minimum Gasteiger partial charge on any atom is -0.488 e. The number of rotatable bonds is 6. The van der Waals surface area contributed by atoms with Gasteiger partial charge in [-0.25, -0.2) is 0 Å². The molecule has 0 bridgehead atoms. The average Bonchev–Trinajstić information content (AvgIpc) is 3.46. The van der Waals surface area contributed by atoms with E-state index in [-0.39, 0.29) is 29.4 Å². The number of carbonyl (C=O) groups is 1. The smallest absolute Gasteiger partial charge is 0.416 e. The number of hydrogen-bond donors (Lipinski definition) is 0. The van der Waals surface area contributed by atoms with Gasteiger partial charge in [0.25, 0.3) is 5.91 Å². The van der Waals surface area contributed by atoms with Crippen LogP contribution in [0.15, 0.2) is 53.8 Å². The SMILES string of the molecule is Cn1c(C(C)(C)C)cc(=NC(=O)c2cc(C(F)(F)F)ccc2OCc2cccnc2)n1C[C@H]1CCCO1. The van der Waals surface area contributed by atoms with Crippen LogP contribution >= 0.6 is 0 Å². The first-order chi connectivity index (χ1) is 17.4. The quantitative estimate of drug-likeness (QED) is 0.461. The maximum atomic E-state index is 13.5. The van der Waals surface area contributed by atoms with E-state index in [4.69, 9.17) is 9.47 Å². The van der Waals surface area contributed by atoms with Gasteiger partial charge in [-0.2, -0.15) is 18.2 Å². The second-order valence-electron chi connectivity index (χ2n) is 10.2. The average molecular weight is 517 g/mol. The summed E-state index contributed by atoms with van der Waals surface area (Å²) in [6.45, 7) is 7.32. The van der Waals surface area contributed by atoms with Gasteiger partial charge in [0, 0.05) is 48.8 Å². The first-order valence-corrected chi connectivity index (χ1v) is 12.1. The lowest BCUT2D eigenvalue weighted by Crippen LogP contribution is -2.30. The van der Waals surface area contributed by atoms with Crippen molar-refractivity contribution >= 4 is 5.91 Å². The third-order valence-electron chi connectivity index (χ3n) is 6.28. The second-order valence-corrected chi connectivity index (χ2v) is 10.2. The van der Waals surface area contributed by atoms with Gasteiger partial charge in [0.15, 0.2) is 5.49 Å². The van der Waals surface area contributed by atoms with E-state index >= 15 is 0 Å². The number of halogens is 3. The van der Waals surface area contributed by atoms with Crippen molar-refractivity contribution in [2.45, 2.75) is 64.5 Å². The summed E-state index contributed by atoms with van der Waals surface area (Å²) < 4.78 is 55.8. The Bertz CT molecular complexity index is 1320. The van der Waals surface area contributed by atoms with Crippen LogP contribution in [0.1, 0.15) is 60.8 Å². The summed E-state index contributed by atoms with van der Waals surface area (Å²) in [7, 11) is 1.88. The Kier molecular flexibility index (Phi) is 7.59. The van der Waals surface area contributed by atoms with Crippen LogP contribution < -0.4 is 10.2 Å². The summed E-state index contributed by atoms with van der Waals surface area (Å²) >= 11 is 0. The van der Waals surface area contributed by atoms with Crippen LogP contribution in [0.4, 0.5) is 13.2 Å². The number of amides is 1. The van der Waals surface area contributed by atoms with Crippen LogP contribution in [0.3, 0.4) is 0 Å². The number of benzene rings is 1. The highest BCUT2D eigenvalue weighted by atomic mass is 19.4. The lowest BCUT2D eigenvalue weighted by molar-refractivity contribution is -0.137. The van der Waals surface area contributed by atoms with Gasteiger partial charge in [0.05, 0.1) is 23.8 Å². The molecule has 37 heavy (non-hydrogen) atoms. The summed E-state index contributed by atoms with van der Waals surface area (Å²) in [5.74, 6) is -0.803. The Morgan fingerprint density at radius 1 is 1.22 bits per heavy atom. The fourth-order valence-electron chi connectivity index (χ4n) is 4.37. The summed E-state index contributed by atoms with van der Waals surface area (Å²) in [5.41, 5.74) is 0.527. The van der Waals surface area contributed by atoms with Crippen molar-refractivity contribution in [1.29, 1.82) is 0 Å². The fourth-order valence-corrected chi connectivity index (χ4v) is 4.37. The third-order valence-corrected chi connectivity index (χ3v) is 6.28. The van der Waals surface area contributed by atoms with E-state index in [1.807, 2.05) is 37.2 Å². The molecule has 3 heterocycles. The zero-order valence-corrected chi connectivity index (χ0v) is 21.4. The molecule has 1 saturated heterocycles. The van der Waals surface area contributed by atoms with Crippen LogP contribution in [0.5, 0.6) is 5.75 Å². The number of hydrogen-bond acceptors (Lipinski definition) is 4. The number of pyridine rings is 1. The molecule has 0 N–H and O–H groups in total. The van der Waals surface area contributed by atoms with E-state index in [1.165, 1.54) is 0 Å². The zero-order valence-electron chi connectivity index (χ0n) is 21.4. The molecular formula is C27H31F3N4O3. The zero-order chi connectivity index (χ0) is 26.8. The standard InChI is InChI=1S/C27H31F3N4O3/c1-26(2,3)23-14-24(34(33(23)4)16-20-8-6-12-36-20)32-25(35)21-13-19(27(28,29)30)9-10-22(21)37-17-18-7-5-11-31-15-18/h5,7,9-11,13-15,20H,6,8,12,16-17H2,1-4H3/t20-/m1/s1. The highest BCUT2D eigenvalue weighted by Crippen LogP contribution is 2.33. The predicted molar refractivity (Wildman–Crippen MR) is 131 cm³/mol. The Morgan fingerprint density at radius 2 is 2.00 bits per heavy atom. The third kappa shape index (κ3) is 6.30. The van der Waals surface area contributed by atoms with E-state index < -0.39 is 17.6 Å². The number of nitrogens with zero attached hydrogens (tertiary/aromatic N) is 4. The maximum Gasteiger partial charge on any atom is 0.416 e. The molecule has 1 aliphatic rings. The van der Waals surface area contributed by atoms with Crippen molar-refractivity contribution < 1.29 is 27.4 Å². The Labute approximate surface area is 213 Å². The molecule has 0 aliphatic carbocycles. The van der Waals surface area contributed by atoms with E-state index in [0.717, 1.165) is 36.7 Å². The molecule has 2 aromatic heterocycles. The number of carbonyl (C=O) groups excluding carboxylic acids is 1. The lowest BCUT2D eigenvalue weighted by Gasteiger charge is -2.21. The van der Waals surface area contributed by atoms with Gasteiger partial charge in [0.1, 0.15) is 12.4 Å². The summed E-state index contributed by atoms with van der Waals surface area (Å²) in [4.78, 5) is 21.7. The van der Waals surface area contributed by atoms with Crippen molar-refractivity contribution in [1.82, 2.24) is 14.3 Å². The first-order valence-electron chi connectivity index (χ1n) is 12.1. The highest BCUT2D eigenvalue weighted by molar-refractivity contribution is 5.97. The van der Waals surface area contributed by atoms with Crippen molar-refractivity contribution in [3.8, 4) is 5.75 Å². The van der Waals surface area contributed by atoms with E-state index in [1.54, 1.807) is 30.6 Å². The molecule has 0 unspecified atom stereocenters. The van der Waals surface area contributed by atoms with Gasteiger partial charge in [-0.05, 0) is 37.1 Å². The minimum atomic E-state index is -4.62. The number of aromatic nitrogens is 3. The topological polar surface area (TPSA) is 70.6 Å². The van der Waals surface area contributed by atoms with E-state index in [0.29, 0.717) is 24.2 Å². The maximum absolute atomic E-state index is 13.5. The molecule has 1 aromatic carbocycles. The molecule has 1 amide bonds. The Morgan fingerprint density at radius 3 is 2.62 bits per heavy atom. The van der Waals surface area contributed by atoms with Crippen molar-refractivity contribution in [3.63, 3.8) is 0 Å². The molecule has 10 heteroatoms. The van der Waals surface area contributed by atoms with E-state index in [9.17, 15) is 18.0 Å². The summed E-state index contributed by atoms with van der Waals surface area (Å²) in [6, 6.07) is 8.15. The minimum absolute atomic E-state index is 0.0169. The molecule has 1 aliphatic heterocycles. The van der Waals surface area contributed by atoms with Crippen LogP contribution in [0, 0.1) is 0 Å². The van der Waals surface area contributed by atoms with Crippen molar-refractivity contribution in [2.24, 2.45) is 12.0 Å². The van der Waals surface area contributed by atoms with Gasteiger partial charge in [-0.3, -0.25) is 19.1 Å². The molecule has 0 saturated carbocycles. The largest absolute Gasteiger partial charge is 0.488 e. The van der Waals surface area contributed by atoms with Gasteiger partial charge in [-0.1, -0.05) is 26.8 Å². The Hall–Kier alpha value is -3.40. The number of alkyl halides is 3. The van der Waals surface area contributed by atoms with Crippen LogP contribution in [0.25, 0.3) is 0 Å². The molecule has 1 fully saturated rings. The second kappa shape index (κ2) is 10.5. The molecule has 0 spiro atoms. The van der Waals surface area contributed by atoms with Crippen LogP contribution in [0.2, 0.25) is 0 Å². The summed E-state index contributed by atoms with van der Waals surface area (Å²) in [5, 5.41) is 0. The lowest BCUT2D eigenvalue weighted by atomic mass is 9.92. The van der Waals surface area contributed by atoms with Crippen LogP contribution in [-0.2, 0) is 36.5 Å². The van der Waals surface area contributed by atoms with Crippen molar-refractivity contribution in [2.75, 3.05) is 6.61 Å². The van der Waals surface area contributed by atoms with Crippen LogP contribution in [-0.4, -0.2) is 33.0 Å². The Balaban J connectivity index is 1.76. The predicted octanol–water partition coefficient (Wildman–Crippen LogP) is 5.04. The van der Waals surface area contributed by atoms with Gasteiger partial charge in [-0.15, -0.1) is 0 Å². The molecule has 198 valence electrons. The highest BCUT2D eigenvalue weighted by Gasteiger charge is 2.32. The summed E-state index contributed by atoms with van der Waals surface area (Å²) in [6.07, 6.45) is 0.380. The van der Waals surface area contributed by atoms with Crippen molar-refractivity contribution in [3.05, 3.63) is 76.7 Å². The first kappa shape index (κ1) is 26.7. The fraction of sp³-hybridized carbons (Fsp3) is 0.444. The van der Waals surface area contributed by atoms with Gasteiger partial charge >= 0.3 is 6.18 Å². The van der Waals surface area contributed by atoms with Gasteiger partial charge < -0.3 is 9.47 Å². The molecule has 3 aromatic rings. The molecule has 7 nitrogen and oxygen atoms in total. The molecule has 0 radical (unpaired) electrons. The van der Waals surface area contributed by atoms with E-state index in [2.05, 4.69) is 9.98 Å².